The van der Waals surface area contributed by atoms with Crippen molar-refractivity contribution in [3.63, 3.8) is 0 Å². The van der Waals surface area contributed by atoms with Crippen LogP contribution < -0.4 is 10.2 Å². The van der Waals surface area contributed by atoms with Crippen LogP contribution in [-0.2, 0) is 6.54 Å². The Morgan fingerprint density at radius 3 is 2.90 bits per heavy atom. The number of anilines is 1. The van der Waals surface area contributed by atoms with E-state index >= 15 is 0 Å². The average molecular weight is 272 g/mol. The van der Waals surface area contributed by atoms with E-state index in [-0.39, 0.29) is 0 Å². The van der Waals surface area contributed by atoms with Crippen molar-refractivity contribution < 1.29 is 0 Å². The fraction of sp³-hybridized carbons (Fsp3) is 0.562. The van der Waals surface area contributed by atoms with E-state index in [4.69, 9.17) is 4.98 Å². The van der Waals surface area contributed by atoms with Crippen LogP contribution in [0.4, 0.5) is 5.82 Å². The van der Waals surface area contributed by atoms with E-state index in [1.54, 1.807) is 0 Å². The summed E-state index contributed by atoms with van der Waals surface area (Å²) in [5, 5.41) is 3.28. The van der Waals surface area contributed by atoms with Gasteiger partial charge in [-0.05, 0) is 44.9 Å². The van der Waals surface area contributed by atoms with Crippen LogP contribution in [0.3, 0.4) is 0 Å². The van der Waals surface area contributed by atoms with Crippen molar-refractivity contribution in [2.45, 2.75) is 32.7 Å². The topological polar surface area (TPSA) is 32.6 Å². The highest BCUT2D eigenvalue weighted by Crippen LogP contribution is 2.30. The van der Waals surface area contributed by atoms with Crippen molar-refractivity contribution in [3.8, 4) is 0 Å². The summed E-state index contributed by atoms with van der Waals surface area (Å²) in [5.41, 5.74) is 2.31. The van der Waals surface area contributed by atoms with Crippen molar-refractivity contribution in [3.05, 3.63) is 30.1 Å². The van der Waals surface area contributed by atoms with E-state index in [2.05, 4.69) is 45.9 Å². The Hall–Kier alpha value is -1.55. The summed E-state index contributed by atoms with van der Waals surface area (Å²) in [6.07, 6.45) is 6.27. The fourth-order valence-corrected chi connectivity index (χ4v) is 2.97. The third-order valence-corrected chi connectivity index (χ3v) is 4.34. The number of imidazole rings is 1. The summed E-state index contributed by atoms with van der Waals surface area (Å²) >= 11 is 0. The van der Waals surface area contributed by atoms with Gasteiger partial charge in [0, 0.05) is 25.8 Å². The molecule has 3 rings (SSSR count). The molecular formula is C16H24N4. The summed E-state index contributed by atoms with van der Waals surface area (Å²) in [5.74, 6) is 2.02. The highest BCUT2D eigenvalue weighted by atomic mass is 15.2. The van der Waals surface area contributed by atoms with Gasteiger partial charge in [0.1, 0.15) is 5.65 Å². The number of hydrogen-bond acceptors (Lipinski definition) is 3. The molecule has 0 aromatic carbocycles. The van der Waals surface area contributed by atoms with E-state index in [0.29, 0.717) is 0 Å². The molecule has 2 heterocycles. The van der Waals surface area contributed by atoms with Gasteiger partial charge >= 0.3 is 0 Å². The summed E-state index contributed by atoms with van der Waals surface area (Å²) in [4.78, 5) is 7.31. The standard InChI is InChI=1S/C16H24N4/c1-3-19(12-13-7-6-8-13)16-14(11-17-2)20-10-5-4-9-15(20)18-16/h4-5,9-10,13,17H,3,6-8,11-12H2,1-2H3. The van der Waals surface area contributed by atoms with Gasteiger partial charge in [0.25, 0.3) is 0 Å². The number of rotatable bonds is 6. The summed E-state index contributed by atoms with van der Waals surface area (Å²) in [6.45, 7) is 5.25. The van der Waals surface area contributed by atoms with Crippen LogP contribution in [0.2, 0.25) is 0 Å². The Balaban J connectivity index is 1.96. The molecule has 1 N–H and O–H groups in total. The molecule has 1 fully saturated rings. The second-order valence-corrected chi connectivity index (χ2v) is 5.68. The molecule has 0 amide bonds. The van der Waals surface area contributed by atoms with Crippen LogP contribution in [0.5, 0.6) is 0 Å². The zero-order valence-corrected chi connectivity index (χ0v) is 12.5. The molecule has 0 bridgehead atoms. The summed E-state index contributed by atoms with van der Waals surface area (Å²) in [7, 11) is 1.99. The molecule has 0 unspecified atom stereocenters. The molecule has 4 nitrogen and oxygen atoms in total. The highest BCUT2D eigenvalue weighted by molar-refractivity contribution is 5.56. The van der Waals surface area contributed by atoms with Gasteiger partial charge < -0.3 is 14.6 Å². The van der Waals surface area contributed by atoms with Crippen LogP contribution in [0.15, 0.2) is 24.4 Å². The van der Waals surface area contributed by atoms with Crippen LogP contribution in [0.1, 0.15) is 31.9 Å². The molecule has 108 valence electrons. The quantitative estimate of drug-likeness (QED) is 0.877. The lowest BCUT2D eigenvalue weighted by molar-refractivity contribution is 0.318. The van der Waals surface area contributed by atoms with E-state index in [1.165, 1.54) is 25.0 Å². The lowest BCUT2D eigenvalue weighted by atomic mass is 9.85. The molecule has 0 saturated heterocycles. The minimum Gasteiger partial charge on any atom is -0.355 e. The molecule has 2 aromatic heterocycles. The molecule has 0 aliphatic heterocycles. The van der Waals surface area contributed by atoms with Crippen LogP contribution in [-0.4, -0.2) is 29.5 Å². The molecule has 0 atom stereocenters. The van der Waals surface area contributed by atoms with Gasteiger partial charge in [0.05, 0.1) is 5.69 Å². The summed E-state index contributed by atoms with van der Waals surface area (Å²) < 4.78 is 2.20. The number of aromatic nitrogens is 2. The Kier molecular flexibility index (Phi) is 3.92. The Bertz CT molecular complexity index is 571. The molecule has 0 spiro atoms. The van der Waals surface area contributed by atoms with E-state index in [9.17, 15) is 0 Å². The van der Waals surface area contributed by atoms with Gasteiger partial charge in [-0.3, -0.25) is 0 Å². The average Bonchev–Trinajstić information content (AvgIpc) is 2.78. The first-order valence-corrected chi connectivity index (χ1v) is 7.69. The van der Waals surface area contributed by atoms with Crippen molar-refractivity contribution in [2.75, 3.05) is 25.0 Å². The first kappa shape index (κ1) is 13.4. The minimum absolute atomic E-state index is 0.849. The number of nitrogens with zero attached hydrogens (tertiary/aromatic N) is 3. The first-order chi connectivity index (χ1) is 9.83. The second kappa shape index (κ2) is 5.83. The third kappa shape index (κ3) is 2.40. The molecule has 1 aliphatic carbocycles. The largest absolute Gasteiger partial charge is 0.355 e. The SMILES string of the molecule is CCN(CC1CCC1)c1nc2ccccn2c1CNC. The second-order valence-electron chi connectivity index (χ2n) is 5.68. The van der Waals surface area contributed by atoms with Crippen LogP contribution in [0.25, 0.3) is 5.65 Å². The van der Waals surface area contributed by atoms with Gasteiger partial charge in [-0.2, -0.15) is 0 Å². The third-order valence-electron chi connectivity index (χ3n) is 4.34. The van der Waals surface area contributed by atoms with E-state index < -0.39 is 0 Å². The number of hydrogen-bond donors (Lipinski definition) is 1. The van der Waals surface area contributed by atoms with Crippen molar-refractivity contribution in [1.29, 1.82) is 0 Å². The number of pyridine rings is 1. The lowest BCUT2D eigenvalue weighted by Crippen LogP contribution is -2.33. The molecule has 2 aromatic rings. The highest BCUT2D eigenvalue weighted by Gasteiger charge is 2.23. The van der Waals surface area contributed by atoms with Crippen molar-refractivity contribution in [1.82, 2.24) is 14.7 Å². The van der Waals surface area contributed by atoms with Gasteiger partial charge in [0.2, 0.25) is 0 Å². The monoisotopic (exact) mass is 272 g/mol. The molecule has 1 saturated carbocycles. The van der Waals surface area contributed by atoms with Crippen LogP contribution in [0, 0.1) is 5.92 Å². The number of nitrogens with one attached hydrogen (secondary N) is 1. The minimum atomic E-state index is 0.849. The Labute approximate surface area is 120 Å². The maximum Gasteiger partial charge on any atom is 0.152 e. The Morgan fingerprint density at radius 2 is 2.25 bits per heavy atom. The van der Waals surface area contributed by atoms with Gasteiger partial charge in [-0.25, -0.2) is 4.98 Å². The Morgan fingerprint density at radius 1 is 1.40 bits per heavy atom. The van der Waals surface area contributed by atoms with Crippen LogP contribution >= 0.6 is 0 Å². The van der Waals surface area contributed by atoms with E-state index in [1.807, 2.05) is 7.05 Å². The van der Waals surface area contributed by atoms with Crippen molar-refractivity contribution >= 4 is 11.5 Å². The maximum absolute atomic E-state index is 4.86. The molecule has 0 radical (unpaired) electrons. The van der Waals surface area contributed by atoms with Gasteiger partial charge in [0.15, 0.2) is 5.82 Å². The molecule has 4 heteroatoms. The summed E-state index contributed by atoms with van der Waals surface area (Å²) in [6, 6.07) is 6.21. The predicted molar refractivity (Wildman–Crippen MR) is 83.2 cm³/mol. The first-order valence-electron chi connectivity index (χ1n) is 7.69. The van der Waals surface area contributed by atoms with E-state index in [0.717, 1.165) is 37.0 Å². The number of fused-ring (bicyclic) bond motifs is 1. The predicted octanol–water partition coefficient (Wildman–Crippen LogP) is 2.68. The maximum atomic E-state index is 4.86. The normalized spacial score (nSPS) is 15.5. The van der Waals surface area contributed by atoms with Gasteiger partial charge in [-0.15, -0.1) is 0 Å². The van der Waals surface area contributed by atoms with Gasteiger partial charge in [-0.1, -0.05) is 12.5 Å². The smallest absolute Gasteiger partial charge is 0.152 e. The zero-order chi connectivity index (χ0) is 13.9. The molecule has 1 aliphatic rings. The lowest BCUT2D eigenvalue weighted by Gasteiger charge is -2.32. The molecular weight excluding hydrogens is 248 g/mol. The molecule has 20 heavy (non-hydrogen) atoms. The van der Waals surface area contributed by atoms with Crippen molar-refractivity contribution in [2.24, 2.45) is 5.92 Å². The fourth-order valence-electron chi connectivity index (χ4n) is 2.97. The zero-order valence-electron chi connectivity index (χ0n) is 12.5.